The van der Waals surface area contributed by atoms with Crippen LogP contribution in [0.5, 0.6) is 0 Å². The van der Waals surface area contributed by atoms with Crippen molar-refractivity contribution in [2.45, 2.75) is 109 Å². The number of carbonyl (C=O) groups is 4. The molecule has 0 radical (unpaired) electrons. The minimum absolute atomic E-state index is 0.201. The third kappa shape index (κ3) is 16.0. The maximum Gasteiger partial charge on any atom is 0.255 e. The lowest BCUT2D eigenvalue weighted by Crippen LogP contribution is -2.37. The Labute approximate surface area is 354 Å². The van der Waals surface area contributed by atoms with Gasteiger partial charge in [-0.05, 0) is 82.7 Å². The number of amides is 4. The number of benzene rings is 3. The molecule has 0 aliphatic rings. The molecule has 58 heavy (non-hydrogen) atoms. The van der Waals surface area contributed by atoms with Crippen LogP contribution in [0.15, 0.2) is 58.3 Å². The monoisotopic (exact) mass is 836 g/mol. The Morgan fingerprint density at radius 2 is 1.00 bits per heavy atom. The molecule has 0 fully saturated rings. The van der Waals surface area contributed by atoms with E-state index in [9.17, 15) is 19.2 Å². The van der Waals surface area contributed by atoms with Crippen molar-refractivity contribution in [3.8, 4) is 0 Å². The first-order valence-corrected chi connectivity index (χ1v) is 21.8. The van der Waals surface area contributed by atoms with E-state index in [0.29, 0.717) is 63.6 Å². The molecule has 4 amide bonds. The van der Waals surface area contributed by atoms with Crippen molar-refractivity contribution in [2.24, 2.45) is 34.8 Å². The highest BCUT2D eigenvalue weighted by Crippen LogP contribution is 2.41. The van der Waals surface area contributed by atoms with Crippen molar-refractivity contribution in [3.63, 3.8) is 0 Å². The van der Waals surface area contributed by atoms with E-state index in [4.69, 9.17) is 22.9 Å². The van der Waals surface area contributed by atoms with Crippen molar-refractivity contribution < 1.29 is 19.2 Å². The van der Waals surface area contributed by atoms with Crippen LogP contribution in [0.4, 0.5) is 22.7 Å². The minimum atomic E-state index is -0.704. The Morgan fingerprint density at radius 1 is 0.621 bits per heavy atom. The number of thioether (sulfide) groups is 2. The van der Waals surface area contributed by atoms with Gasteiger partial charge in [-0.3, -0.25) is 19.2 Å². The molecule has 0 aliphatic carbocycles. The largest absolute Gasteiger partial charge is 0.330 e. The third-order valence-electron chi connectivity index (χ3n) is 8.30. The minimum Gasteiger partial charge on any atom is -0.330 e. The molecule has 0 heterocycles. The van der Waals surface area contributed by atoms with Crippen LogP contribution in [0.3, 0.4) is 0 Å². The highest BCUT2D eigenvalue weighted by molar-refractivity contribution is 7.99. The van der Waals surface area contributed by atoms with Gasteiger partial charge < -0.3 is 44.2 Å². The fourth-order valence-corrected chi connectivity index (χ4v) is 7.07. The fourth-order valence-electron chi connectivity index (χ4n) is 5.36. The Balaban J connectivity index is 0.00000276. The van der Waals surface area contributed by atoms with E-state index in [1.165, 1.54) is 29.6 Å². The van der Waals surface area contributed by atoms with Gasteiger partial charge in [-0.25, -0.2) is 0 Å². The average Bonchev–Trinajstić information content (AvgIpc) is 3.12. The summed E-state index contributed by atoms with van der Waals surface area (Å²) in [5.41, 5.74) is 27.3. The SMILES string of the molecule is CC(C)C.CC(C)CC(N)C(=O)Nc1cc(C(C)(C)C)cc(NC(=O)c2cccc(C(=O)Nc3cc(C(C)(C)C)cc(NC(=O)CN)c3SCCN)c2)c1SCCN. The number of nitrogens with one attached hydrogen (secondary N) is 4. The molecular formula is C44H68N8O4S2. The molecule has 1 atom stereocenters. The quantitative estimate of drug-likeness (QED) is 0.0656. The fraction of sp³-hybridized carbons (Fsp3) is 0.500. The third-order valence-corrected chi connectivity index (χ3v) is 10.6. The summed E-state index contributed by atoms with van der Waals surface area (Å²) in [6.45, 7) is 23.3. The number of nitrogens with two attached hydrogens (primary N) is 4. The summed E-state index contributed by atoms with van der Waals surface area (Å²) in [5.74, 6) is 0.570. The van der Waals surface area contributed by atoms with E-state index < -0.39 is 17.9 Å². The summed E-state index contributed by atoms with van der Waals surface area (Å²) in [5, 5.41) is 12.0. The normalized spacial score (nSPS) is 12.1. The molecule has 0 spiro atoms. The van der Waals surface area contributed by atoms with Crippen molar-refractivity contribution in [1.29, 1.82) is 0 Å². The van der Waals surface area contributed by atoms with Crippen LogP contribution < -0.4 is 44.2 Å². The summed E-state index contributed by atoms with van der Waals surface area (Å²) in [6.07, 6.45) is 0.519. The second-order valence-electron chi connectivity index (χ2n) is 17.3. The summed E-state index contributed by atoms with van der Waals surface area (Å²) in [6, 6.07) is 13.3. The predicted molar refractivity (Wildman–Crippen MR) is 246 cm³/mol. The van der Waals surface area contributed by atoms with Crippen LogP contribution in [-0.2, 0) is 20.4 Å². The molecule has 0 saturated carbocycles. The maximum absolute atomic E-state index is 14.0. The summed E-state index contributed by atoms with van der Waals surface area (Å²) in [7, 11) is 0. The van der Waals surface area contributed by atoms with Gasteiger partial charge in [-0.2, -0.15) is 0 Å². The molecule has 14 heteroatoms. The number of hydrogen-bond donors (Lipinski definition) is 8. The van der Waals surface area contributed by atoms with Crippen LogP contribution in [0.1, 0.15) is 114 Å². The Kier molecular flexibility index (Phi) is 19.9. The number of rotatable bonds is 16. The standard InChI is InChI=1S/C40H58N8O4S2.C4H10/c1-23(2)16-28(44)38(52)48-32-21-27(40(6,7)8)20-31(35(32)54-15-13-42)47-37(51)25-11-9-10-24(17-25)36(50)46-30-19-26(39(3,4)5)18-29(45-33(49)22-43)34(30)53-14-12-41;1-4(2)3/h9-11,17-21,23,28H,12-16,22,41-44H2,1-8H3,(H,45,49)(H,46,50)(H,47,51)(H,48,52);4H,1-3H3. The second kappa shape index (κ2) is 23.0. The zero-order chi connectivity index (χ0) is 44.0. The van der Waals surface area contributed by atoms with Gasteiger partial charge in [-0.15, -0.1) is 23.5 Å². The summed E-state index contributed by atoms with van der Waals surface area (Å²) in [4.78, 5) is 54.7. The molecule has 12 N–H and O–H groups in total. The van der Waals surface area contributed by atoms with E-state index in [-0.39, 0.29) is 46.2 Å². The first-order chi connectivity index (χ1) is 27.0. The highest BCUT2D eigenvalue weighted by Gasteiger charge is 2.25. The summed E-state index contributed by atoms with van der Waals surface area (Å²) >= 11 is 2.83. The number of carbonyl (C=O) groups excluding carboxylic acids is 4. The number of anilines is 4. The molecule has 0 saturated heterocycles. The molecule has 0 bridgehead atoms. The van der Waals surface area contributed by atoms with Crippen molar-refractivity contribution in [3.05, 3.63) is 70.8 Å². The Hall–Kier alpha value is -3.92. The smallest absolute Gasteiger partial charge is 0.255 e. The molecule has 320 valence electrons. The van der Waals surface area contributed by atoms with E-state index in [0.717, 1.165) is 17.0 Å². The molecular weight excluding hydrogens is 769 g/mol. The van der Waals surface area contributed by atoms with Crippen molar-refractivity contribution >= 4 is 69.9 Å². The summed E-state index contributed by atoms with van der Waals surface area (Å²) < 4.78 is 0. The number of hydrogen-bond acceptors (Lipinski definition) is 10. The Bertz CT molecular complexity index is 1870. The Morgan fingerprint density at radius 3 is 1.34 bits per heavy atom. The predicted octanol–water partition coefficient (Wildman–Crippen LogP) is 7.76. The maximum atomic E-state index is 14.0. The van der Waals surface area contributed by atoms with Gasteiger partial charge in [0.25, 0.3) is 11.8 Å². The first-order valence-electron chi connectivity index (χ1n) is 19.8. The lowest BCUT2D eigenvalue weighted by molar-refractivity contribution is -0.117. The van der Waals surface area contributed by atoms with Gasteiger partial charge in [0.2, 0.25) is 11.8 Å². The zero-order valence-electron chi connectivity index (χ0n) is 36.4. The van der Waals surface area contributed by atoms with Crippen molar-refractivity contribution in [2.75, 3.05) is 52.4 Å². The van der Waals surface area contributed by atoms with Gasteiger partial charge in [0.15, 0.2) is 0 Å². The molecule has 3 aromatic rings. The van der Waals surface area contributed by atoms with Crippen LogP contribution in [0.25, 0.3) is 0 Å². The van der Waals surface area contributed by atoms with Crippen LogP contribution >= 0.6 is 23.5 Å². The highest BCUT2D eigenvalue weighted by atomic mass is 32.2. The molecule has 0 aromatic heterocycles. The molecule has 12 nitrogen and oxygen atoms in total. The van der Waals surface area contributed by atoms with E-state index in [1.54, 1.807) is 18.2 Å². The molecule has 3 rings (SSSR count). The zero-order valence-corrected chi connectivity index (χ0v) is 38.0. The van der Waals surface area contributed by atoms with Gasteiger partial charge in [0.05, 0.1) is 45.1 Å². The van der Waals surface area contributed by atoms with E-state index in [1.807, 2.05) is 79.7 Å². The average molecular weight is 837 g/mol. The lowest BCUT2D eigenvalue weighted by atomic mass is 9.86. The van der Waals surface area contributed by atoms with Gasteiger partial charge in [0, 0.05) is 35.7 Å². The van der Waals surface area contributed by atoms with Crippen LogP contribution in [-0.4, -0.2) is 60.8 Å². The van der Waals surface area contributed by atoms with Crippen molar-refractivity contribution in [1.82, 2.24) is 0 Å². The molecule has 3 aromatic carbocycles. The van der Waals surface area contributed by atoms with Gasteiger partial charge in [-0.1, -0.05) is 82.2 Å². The van der Waals surface area contributed by atoms with E-state index in [2.05, 4.69) is 42.0 Å². The van der Waals surface area contributed by atoms with E-state index >= 15 is 0 Å². The lowest BCUT2D eigenvalue weighted by Gasteiger charge is -2.25. The molecule has 0 aliphatic heterocycles. The van der Waals surface area contributed by atoms with Gasteiger partial charge >= 0.3 is 0 Å². The topological polar surface area (TPSA) is 220 Å². The van der Waals surface area contributed by atoms with Crippen LogP contribution in [0.2, 0.25) is 0 Å². The molecule has 1 unspecified atom stereocenters. The second-order valence-corrected chi connectivity index (χ2v) is 19.5. The van der Waals surface area contributed by atoms with Crippen LogP contribution in [0, 0.1) is 11.8 Å². The first kappa shape index (κ1) is 50.2. The van der Waals surface area contributed by atoms with Gasteiger partial charge in [0.1, 0.15) is 0 Å².